The van der Waals surface area contributed by atoms with Gasteiger partial charge in [-0.15, -0.1) is 0 Å². The minimum Gasteiger partial charge on any atom is -0.376 e. The fourth-order valence-corrected chi connectivity index (χ4v) is 5.07. The van der Waals surface area contributed by atoms with Crippen molar-refractivity contribution < 1.29 is 4.74 Å². The molecule has 2 aliphatic carbocycles. The van der Waals surface area contributed by atoms with Crippen LogP contribution in [-0.4, -0.2) is 17.3 Å². The normalized spacial score (nSPS) is 24.3. The van der Waals surface area contributed by atoms with Gasteiger partial charge in [-0.1, -0.05) is 12.2 Å². The van der Waals surface area contributed by atoms with Gasteiger partial charge >= 0.3 is 0 Å². The van der Waals surface area contributed by atoms with Crippen molar-refractivity contribution >= 4 is 11.1 Å². The largest absolute Gasteiger partial charge is 0.376 e. The second-order valence-corrected chi connectivity index (χ2v) is 8.12. The van der Waals surface area contributed by atoms with Gasteiger partial charge < -0.3 is 9.30 Å². The van der Waals surface area contributed by atoms with Crippen LogP contribution >= 0.6 is 0 Å². The summed E-state index contributed by atoms with van der Waals surface area (Å²) < 4.78 is 8.53. The van der Waals surface area contributed by atoms with Gasteiger partial charge in [0.25, 0.3) is 0 Å². The molecule has 4 rings (SSSR count). The third kappa shape index (κ3) is 3.38. The first-order chi connectivity index (χ1) is 12.3. The highest BCUT2D eigenvalue weighted by atomic mass is 16.5. The molecular formula is C23H33NO. The second kappa shape index (κ2) is 7.53. The van der Waals surface area contributed by atoms with Gasteiger partial charge in [-0.25, -0.2) is 0 Å². The predicted octanol–water partition coefficient (Wildman–Crippen LogP) is 6.20. The van der Waals surface area contributed by atoms with Gasteiger partial charge in [-0.05, 0) is 89.2 Å². The molecule has 0 aromatic carbocycles. The Morgan fingerprint density at radius 3 is 1.92 bits per heavy atom. The van der Waals surface area contributed by atoms with Gasteiger partial charge in [-0.2, -0.15) is 0 Å². The lowest BCUT2D eigenvalue weighted by Gasteiger charge is -2.18. The van der Waals surface area contributed by atoms with E-state index in [4.69, 9.17) is 4.74 Å². The van der Waals surface area contributed by atoms with Crippen molar-refractivity contribution in [1.82, 2.24) is 4.57 Å². The summed E-state index contributed by atoms with van der Waals surface area (Å²) in [5.41, 5.74) is 9.32. The standard InChI is InChI=1S/C23H33NO/c1-17-22(19-10-5-3-6-11-19)23(20-12-7-4-8-13-20)18(2)24(17)16-21-14-9-15-25-21/h10,12,21H,3-9,11,13-16H2,1-2H3/t21-/m1/s1. The van der Waals surface area contributed by atoms with Crippen LogP contribution in [0.25, 0.3) is 11.1 Å². The Balaban J connectivity index is 1.79. The fourth-order valence-electron chi connectivity index (χ4n) is 5.07. The Morgan fingerprint density at radius 2 is 1.48 bits per heavy atom. The van der Waals surface area contributed by atoms with Crippen molar-refractivity contribution in [2.24, 2.45) is 0 Å². The number of allylic oxidation sites excluding steroid dienone is 4. The number of hydrogen-bond acceptors (Lipinski definition) is 1. The number of hydrogen-bond donors (Lipinski definition) is 0. The minimum absolute atomic E-state index is 0.408. The Bertz CT molecular complexity index is 636. The van der Waals surface area contributed by atoms with E-state index in [1.165, 1.54) is 75.6 Å². The Morgan fingerprint density at radius 1 is 0.880 bits per heavy atom. The van der Waals surface area contributed by atoms with Crippen molar-refractivity contribution in [3.05, 3.63) is 34.7 Å². The van der Waals surface area contributed by atoms with Gasteiger partial charge in [0.15, 0.2) is 0 Å². The smallest absolute Gasteiger partial charge is 0.0754 e. The van der Waals surface area contributed by atoms with E-state index in [0.717, 1.165) is 13.2 Å². The summed E-state index contributed by atoms with van der Waals surface area (Å²) in [6.45, 7) is 6.67. The van der Waals surface area contributed by atoms with Gasteiger partial charge in [0.05, 0.1) is 6.10 Å². The highest BCUT2D eigenvalue weighted by molar-refractivity contribution is 5.83. The molecule has 2 nitrogen and oxygen atoms in total. The Labute approximate surface area is 153 Å². The summed E-state index contributed by atoms with van der Waals surface area (Å²) in [5, 5.41) is 0. The van der Waals surface area contributed by atoms with E-state index in [2.05, 4.69) is 30.6 Å². The summed E-state index contributed by atoms with van der Waals surface area (Å²) in [7, 11) is 0. The molecule has 1 aliphatic heterocycles. The number of ether oxygens (including phenoxy) is 1. The zero-order valence-electron chi connectivity index (χ0n) is 16.1. The highest BCUT2D eigenvalue weighted by Crippen LogP contribution is 2.41. The molecule has 25 heavy (non-hydrogen) atoms. The lowest BCUT2D eigenvalue weighted by Crippen LogP contribution is -2.17. The molecule has 3 aliphatic rings. The number of rotatable bonds is 4. The van der Waals surface area contributed by atoms with Crippen LogP contribution in [0, 0.1) is 13.8 Å². The van der Waals surface area contributed by atoms with Crippen molar-refractivity contribution in [3.63, 3.8) is 0 Å². The molecule has 1 atom stereocenters. The molecular weight excluding hydrogens is 306 g/mol. The van der Waals surface area contributed by atoms with Crippen molar-refractivity contribution in [1.29, 1.82) is 0 Å². The predicted molar refractivity (Wildman–Crippen MR) is 106 cm³/mol. The van der Waals surface area contributed by atoms with Crippen molar-refractivity contribution in [2.75, 3.05) is 6.61 Å². The molecule has 2 heterocycles. The fraction of sp³-hybridized carbons (Fsp3) is 0.652. The molecule has 0 unspecified atom stereocenters. The van der Waals surface area contributed by atoms with Crippen molar-refractivity contribution in [2.45, 2.75) is 90.7 Å². The first-order valence-electron chi connectivity index (χ1n) is 10.5. The third-order valence-corrected chi connectivity index (χ3v) is 6.42. The lowest BCUT2D eigenvalue weighted by atomic mass is 9.85. The second-order valence-electron chi connectivity index (χ2n) is 8.12. The molecule has 0 amide bonds. The molecule has 1 fully saturated rings. The molecule has 0 bridgehead atoms. The quantitative estimate of drug-likeness (QED) is 0.637. The number of aromatic nitrogens is 1. The van der Waals surface area contributed by atoms with Gasteiger partial charge in [-0.3, -0.25) is 0 Å². The molecule has 0 saturated carbocycles. The summed E-state index contributed by atoms with van der Waals surface area (Å²) in [6, 6.07) is 0. The molecule has 1 aromatic rings. The third-order valence-electron chi connectivity index (χ3n) is 6.42. The maximum atomic E-state index is 5.96. The van der Waals surface area contributed by atoms with Crippen LogP contribution in [0.2, 0.25) is 0 Å². The monoisotopic (exact) mass is 339 g/mol. The van der Waals surface area contributed by atoms with Gasteiger partial charge in [0.1, 0.15) is 0 Å². The first kappa shape index (κ1) is 17.1. The van der Waals surface area contributed by atoms with E-state index in [-0.39, 0.29) is 0 Å². The summed E-state index contributed by atoms with van der Waals surface area (Å²) >= 11 is 0. The van der Waals surface area contributed by atoms with Crippen LogP contribution in [0.5, 0.6) is 0 Å². The van der Waals surface area contributed by atoms with E-state index in [1.54, 1.807) is 22.3 Å². The molecule has 0 N–H and O–H groups in total. The van der Waals surface area contributed by atoms with Crippen molar-refractivity contribution in [3.8, 4) is 0 Å². The van der Waals surface area contributed by atoms with E-state index in [1.807, 2.05) is 0 Å². The summed E-state index contributed by atoms with van der Waals surface area (Å²) in [4.78, 5) is 0. The zero-order chi connectivity index (χ0) is 17.2. The molecule has 0 spiro atoms. The van der Waals surface area contributed by atoms with Crippen LogP contribution in [0.15, 0.2) is 12.2 Å². The molecule has 0 radical (unpaired) electrons. The Kier molecular flexibility index (Phi) is 5.17. The highest BCUT2D eigenvalue weighted by Gasteiger charge is 2.26. The SMILES string of the molecule is Cc1c(C2=CCCCC2)c(C2=CCCCC2)c(C)n1C[C@H]1CCCO1. The van der Waals surface area contributed by atoms with Crippen LogP contribution < -0.4 is 0 Å². The minimum atomic E-state index is 0.408. The van der Waals surface area contributed by atoms with E-state index in [9.17, 15) is 0 Å². The average molecular weight is 340 g/mol. The summed E-state index contributed by atoms with van der Waals surface area (Å²) in [6.07, 6.45) is 18.3. The van der Waals surface area contributed by atoms with Gasteiger partial charge in [0.2, 0.25) is 0 Å². The zero-order valence-corrected chi connectivity index (χ0v) is 16.1. The molecule has 136 valence electrons. The summed E-state index contributed by atoms with van der Waals surface area (Å²) in [5.74, 6) is 0. The molecule has 1 aromatic heterocycles. The van der Waals surface area contributed by atoms with Crippen LogP contribution in [0.1, 0.15) is 86.7 Å². The molecule has 1 saturated heterocycles. The van der Waals surface area contributed by atoms with E-state index in [0.29, 0.717) is 6.10 Å². The lowest BCUT2D eigenvalue weighted by molar-refractivity contribution is 0.0961. The maximum absolute atomic E-state index is 5.96. The van der Waals surface area contributed by atoms with Crippen LogP contribution in [0.4, 0.5) is 0 Å². The van der Waals surface area contributed by atoms with E-state index >= 15 is 0 Å². The first-order valence-corrected chi connectivity index (χ1v) is 10.5. The Hall–Kier alpha value is -1.28. The van der Waals surface area contributed by atoms with Crippen LogP contribution in [0.3, 0.4) is 0 Å². The van der Waals surface area contributed by atoms with Crippen LogP contribution in [-0.2, 0) is 11.3 Å². The topological polar surface area (TPSA) is 14.2 Å². The maximum Gasteiger partial charge on any atom is 0.0754 e. The average Bonchev–Trinajstić information content (AvgIpc) is 3.25. The number of nitrogens with zero attached hydrogens (tertiary/aromatic N) is 1. The molecule has 2 heteroatoms. The van der Waals surface area contributed by atoms with E-state index < -0.39 is 0 Å². The van der Waals surface area contributed by atoms with Gasteiger partial charge in [0, 0.05) is 35.7 Å².